The van der Waals surface area contributed by atoms with Crippen LogP contribution in [-0.2, 0) is 0 Å². The smallest absolute Gasteiger partial charge is 0.0693 e. The van der Waals surface area contributed by atoms with Crippen LogP contribution in [0.15, 0.2) is 0 Å². The zero-order chi connectivity index (χ0) is 7.98. The number of halogens is 2. The lowest BCUT2D eigenvalue weighted by molar-refractivity contribution is 0.256. The molecule has 0 aliphatic rings. The van der Waals surface area contributed by atoms with Crippen molar-refractivity contribution in [2.75, 3.05) is 32.6 Å². The molecule has 10 heavy (non-hydrogen) atoms. The van der Waals surface area contributed by atoms with Crippen molar-refractivity contribution in [3.63, 3.8) is 0 Å². The van der Waals surface area contributed by atoms with Crippen molar-refractivity contribution >= 4 is 23.2 Å². The van der Waals surface area contributed by atoms with Crippen LogP contribution in [0.4, 0.5) is 0 Å². The third-order valence-electron chi connectivity index (χ3n) is 1.17. The van der Waals surface area contributed by atoms with Gasteiger partial charge in [-0.1, -0.05) is 0 Å². The summed E-state index contributed by atoms with van der Waals surface area (Å²) in [5.41, 5.74) is 0. The first-order valence-electron chi connectivity index (χ1n) is 3.20. The zero-order valence-corrected chi connectivity index (χ0v) is 7.57. The second kappa shape index (κ2) is 6.23. The minimum absolute atomic E-state index is 0.0220. The molecule has 0 rings (SSSR count). The fourth-order valence-corrected chi connectivity index (χ4v) is 1.16. The van der Waals surface area contributed by atoms with E-state index in [1.165, 1.54) is 0 Å². The molecule has 0 spiro atoms. The van der Waals surface area contributed by atoms with Crippen LogP contribution < -0.4 is 0 Å². The number of nitrogens with zero attached hydrogens (tertiary/aromatic N) is 1. The Bertz CT molecular complexity index is 82.1. The molecule has 0 bridgehead atoms. The van der Waals surface area contributed by atoms with Crippen LogP contribution in [0.5, 0.6) is 0 Å². The Hall–Kier alpha value is 0.500. The summed E-state index contributed by atoms with van der Waals surface area (Å²) in [6, 6.07) is 0. The first-order valence-corrected chi connectivity index (χ1v) is 4.17. The highest BCUT2D eigenvalue weighted by Crippen LogP contribution is 1.96. The van der Waals surface area contributed by atoms with Gasteiger partial charge in [0, 0.05) is 19.0 Å². The molecule has 0 radical (unpaired) electrons. The molecule has 0 aliphatic heterocycles. The number of aliphatic hydroxyl groups excluding tert-OH is 1. The SMILES string of the molecule is CN(CCCl)CC(Cl)CO. The highest BCUT2D eigenvalue weighted by atomic mass is 35.5. The molecule has 0 aromatic carbocycles. The van der Waals surface area contributed by atoms with Gasteiger partial charge in [-0.15, -0.1) is 23.2 Å². The van der Waals surface area contributed by atoms with Crippen LogP contribution in [0.3, 0.4) is 0 Å². The van der Waals surface area contributed by atoms with E-state index < -0.39 is 0 Å². The summed E-state index contributed by atoms with van der Waals surface area (Å²) < 4.78 is 0. The molecule has 1 atom stereocenters. The summed E-state index contributed by atoms with van der Waals surface area (Å²) in [5.74, 6) is 0.603. The first kappa shape index (κ1) is 10.5. The molecule has 0 heterocycles. The van der Waals surface area contributed by atoms with Crippen LogP contribution in [0.25, 0.3) is 0 Å². The molecule has 62 valence electrons. The lowest BCUT2D eigenvalue weighted by atomic mass is 10.4. The second-order valence-corrected chi connectivity index (χ2v) is 3.23. The average molecular weight is 186 g/mol. The predicted molar refractivity (Wildman–Crippen MR) is 44.9 cm³/mol. The maximum absolute atomic E-state index is 8.56. The molecule has 1 N–H and O–H groups in total. The third kappa shape index (κ3) is 5.30. The van der Waals surface area contributed by atoms with Gasteiger partial charge in [-0.25, -0.2) is 0 Å². The fraction of sp³-hybridized carbons (Fsp3) is 1.00. The average Bonchev–Trinajstić information content (AvgIpc) is 1.88. The van der Waals surface area contributed by atoms with Gasteiger partial charge in [0.25, 0.3) is 0 Å². The van der Waals surface area contributed by atoms with E-state index in [0.717, 1.165) is 6.54 Å². The van der Waals surface area contributed by atoms with Crippen molar-refractivity contribution in [2.24, 2.45) is 0 Å². The Morgan fingerprint density at radius 3 is 2.60 bits per heavy atom. The molecule has 0 aliphatic carbocycles. The van der Waals surface area contributed by atoms with E-state index in [1.54, 1.807) is 0 Å². The third-order valence-corrected chi connectivity index (χ3v) is 1.62. The van der Waals surface area contributed by atoms with E-state index in [9.17, 15) is 0 Å². The molecular weight excluding hydrogens is 173 g/mol. The van der Waals surface area contributed by atoms with Crippen molar-refractivity contribution in [1.82, 2.24) is 4.90 Å². The molecule has 4 heteroatoms. The number of alkyl halides is 2. The van der Waals surface area contributed by atoms with E-state index in [4.69, 9.17) is 28.3 Å². The van der Waals surface area contributed by atoms with Gasteiger partial charge in [0.2, 0.25) is 0 Å². The highest BCUT2D eigenvalue weighted by Gasteiger charge is 2.05. The molecular formula is C6H13Cl2NO. The van der Waals surface area contributed by atoms with Crippen molar-refractivity contribution < 1.29 is 5.11 Å². The lowest BCUT2D eigenvalue weighted by Crippen LogP contribution is -2.29. The van der Waals surface area contributed by atoms with Crippen molar-refractivity contribution in [1.29, 1.82) is 0 Å². The topological polar surface area (TPSA) is 23.5 Å². The van der Waals surface area contributed by atoms with Crippen LogP contribution in [0.2, 0.25) is 0 Å². The Kier molecular flexibility index (Phi) is 6.54. The number of aliphatic hydroxyl groups is 1. The molecule has 0 aromatic heterocycles. The summed E-state index contributed by atoms with van der Waals surface area (Å²) in [6.07, 6.45) is 0. The van der Waals surface area contributed by atoms with Gasteiger partial charge in [0.15, 0.2) is 0 Å². The van der Waals surface area contributed by atoms with Crippen molar-refractivity contribution in [3.05, 3.63) is 0 Å². The van der Waals surface area contributed by atoms with Gasteiger partial charge >= 0.3 is 0 Å². The Morgan fingerprint density at radius 1 is 1.60 bits per heavy atom. The number of hydrogen-bond acceptors (Lipinski definition) is 2. The molecule has 0 aromatic rings. The summed E-state index contributed by atoms with van der Waals surface area (Å²) >= 11 is 11.1. The standard InChI is InChI=1S/C6H13Cl2NO/c1-9(3-2-7)4-6(8)5-10/h6,10H,2-5H2,1H3. The Morgan fingerprint density at radius 2 is 2.20 bits per heavy atom. The highest BCUT2D eigenvalue weighted by molar-refractivity contribution is 6.20. The second-order valence-electron chi connectivity index (χ2n) is 2.23. The predicted octanol–water partition coefficient (Wildman–Crippen LogP) is 0.757. The number of hydrogen-bond donors (Lipinski definition) is 1. The Balaban J connectivity index is 3.27. The maximum Gasteiger partial charge on any atom is 0.0693 e. The van der Waals surface area contributed by atoms with Gasteiger partial charge in [-0.3, -0.25) is 0 Å². The molecule has 1 unspecified atom stereocenters. The normalized spacial score (nSPS) is 14.1. The van der Waals surface area contributed by atoms with Gasteiger partial charge in [0.05, 0.1) is 12.0 Å². The van der Waals surface area contributed by atoms with Crippen LogP contribution in [-0.4, -0.2) is 48.0 Å². The summed E-state index contributed by atoms with van der Waals surface area (Å²) in [7, 11) is 1.92. The molecule has 2 nitrogen and oxygen atoms in total. The van der Waals surface area contributed by atoms with Crippen LogP contribution in [0, 0.1) is 0 Å². The fourth-order valence-electron chi connectivity index (χ4n) is 0.631. The van der Waals surface area contributed by atoms with E-state index in [-0.39, 0.29) is 12.0 Å². The van der Waals surface area contributed by atoms with Gasteiger partial charge in [-0.2, -0.15) is 0 Å². The molecule has 0 amide bonds. The van der Waals surface area contributed by atoms with E-state index in [1.807, 2.05) is 11.9 Å². The minimum atomic E-state index is -0.173. The number of rotatable bonds is 5. The lowest BCUT2D eigenvalue weighted by Gasteiger charge is -2.16. The van der Waals surface area contributed by atoms with Gasteiger partial charge < -0.3 is 10.0 Å². The summed E-state index contributed by atoms with van der Waals surface area (Å²) in [4.78, 5) is 1.99. The maximum atomic E-state index is 8.56. The Labute approximate surface area is 71.7 Å². The quantitative estimate of drug-likeness (QED) is 0.640. The summed E-state index contributed by atoms with van der Waals surface area (Å²) in [5, 5.41) is 8.39. The summed E-state index contributed by atoms with van der Waals surface area (Å²) in [6.45, 7) is 1.52. The van der Waals surface area contributed by atoms with Gasteiger partial charge in [0.1, 0.15) is 0 Å². The largest absolute Gasteiger partial charge is 0.395 e. The van der Waals surface area contributed by atoms with Crippen molar-refractivity contribution in [2.45, 2.75) is 5.38 Å². The van der Waals surface area contributed by atoms with E-state index in [2.05, 4.69) is 0 Å². The van der Waals surface area contributed by atoms with Crippen LogP contribution in [0.1, 0.15) is 0 Å². The monoisotopic (exact) mass is 185 g/mol. The van der Waals surface area contributed by atoms with Crippen LogP contribution >= 0.6 is 23.2 Å². The molecule has 0 saturated heterocycles. The zero-order valence-electron chi connectivity index (χ0n) is 6.06. The van der Waals surface area contributed by atoms with Gasteiger partial charge in [-0.05, 0) is 7.05 Å². The van der Waals surface area contributed by atoms with E-state index in [0.29, 0.717) is 12.4 Å². The molecule has 0 saturated carbocycles. The van der Waals surface area contributed by atoms with Crippen molar-refractivity contribution in [3.8, 4) is 0 Å². The minimum Gasteiger partial charge on any atom is -0.395 e. The van der Waals surface area contributed by atoms with E-state index >= 15 is 0 Å². The first-order chi connectivity index (χ1) is 4.70. The molecule has 0 fully saturated rings.